The van der Waals surface area contributed by atoms with Gasteiger partial charge in [0.1, 0.15) is 5.75 Å². The quantitative estimate of drug-likeness (QED) is 0.786. The summed E-state index contributed by atoms with van der Waals surface area (Å²) in [4.78, 5) is 18.2. The van der Waals surface area contributed by atoms with Gasteiger partial charge in [-0.2, -0.15) is 0 Å². The molecule has 1 aliphatic heterocycles. The molecule has 0 spiro atoms. The molecule has 0 aliphatic carbocycles. The van der Waals surface area contributed by atoms with Crippen molar-refractivity contribution in [2.24, 2.45) is 0 Å². The number of methoxy groups -OCH3 is 1. The lowest BCUT2D eigenvalue weighted by molar-refractivity contribution is 0.0763. The highest BCUT2D eigenvalue weighted by Crippen LogP contribution is 2.26. The minimum Gasteiger partial charge on any atom is -0.497 e. The van der Waals surface area contributed by atoms with E-state index in [2.05, 4.69) is 29.2 Å². The predicted molar refractivity (Wildman–Crippen MR) is 94.6 cm³/mol. The average Bonchev–Trinajstić information content (AvgIpc) is 2.86. The van der Waals surface area contributed by atoms with Gasteiger partial charge in [0.25, 0.3) is 5.91 Å². The molecule has 2 heterocycles. The van der Waals surface area contributed by atoms with Crippen molar-refractivity contribution in [1.29, 1.82) is 0 Å². The summed E-state index contributed by atoms with van der Waals surface area (Å²) >= 11 is 0. The number of hydrogen-bond acceptors (Lipinski definition) is 2. The Balaban J connectivity index is 1.55. The maximum atomic E-state index is 12.8. The second-order valence-electron chi connectivity index (χ2n) is 6.15. The van der Waals surface area contributed by atoms with Crippen molar-refractivity contribution in [3.8, 4) is 5.75 Å². The number of nitrogens with zero attached hydrogens (tertiary/aromatic N) is 1. The van der Waals surface area contributed by atoms with Crippen LogP contribution >= 0.6 is 0 Å². The largest absolute Gasteiger partial charge is 0.497 e. The Hall–Kier alpha value is -2.75. The van der Waals surface area contributed by atoms with E-state index < -0.39 is 0 Å². The number of benzene rings is 2. The van der Waals surface area contributed by atoms with Crippen molar-refractivity contribution < 1.29 is 9.53 Å². The second kappa shape index (κ2) is 6.04. The van der Waals surface area contributed by atoms with E-state index in [-0.39, 0.29) is 5.91 Å². The topological polar surface area (TPSA) is 45.3 Å². The van der Waals surface area contributed by atoms with Crippen LogP contribution in [0.15, 0.2) is 48.5 Å². The summed E-state index contributed by atoms with van der Waals surface area (Å²) in [6.07, 6.45) is 1.76. The first kappa shape index (κ1) is 14.8. The van der Waals surface area contributed by atoms with Crippen LogP contribution in [0.4, 0.5) is 0 Å². The number of H-pyrrole nitrogens is 1. The third kappa shape index (κ3) is 2.54. The lowest BCUT2D eigenvalue weighted by atomic mass is 10.1. The molecule has 1 aliphatic rings. The monoisotopic (exact) mass is 320 g/mol. The van der Waals surface area contributed by atoms with Gasteiger partial charge in [-0.25, -0.2) is 0 Å². The van der Waals surface area contributed by atoms with Gasteiger partial charge < -0.3 is 14.6 Å². The molecule has 0 radical (unpaired) electrons. The molecule has 4 rings (SSSR count). The molecule has 4 heteroatoms. The third-order valence-electron chi connectivity index (χ3n) is 4.79. The smallest absolute Gasteiger partial charge is 0.253 e. The van der Waals surface area contributed by atoms with Crippen LogP contribution in [0.2, 0.25) is 0 Å². The molecule has 24 heavy (non-hydrogen) atoms. The molecule has 0 bridgehead atoms. The van der Waals surface area contributed by atoms with Gasteiger partial charge >= 0.3 is 0 Å². The Morgan fingerprint density at radius 3 is 2.58 bits per heavy atom. The SMILES string of the molecule is COc1ccc(C(=O)N2CCc3[nH]c4ccccc4c3CC2)cc1. The molecule has 2 aromatic carbocycles. The van der Waals surface area contributed by atoms with Gasteiger partial charge in [-0.1, -0.05) is 18.2 Å². The average molecular weight is 320 g/mol. The van der Waals surface area contributed by atoms with E-state index in [1.165, 1.54) is 22.2 Å². The first-order chi connectivity index (χ1) is 11.8. The van der Waals surface area contributed by atoms with Gasteiger partial charge in [0.2, 0.25) is 0 Å². The first-order valence-electron chi connectivity index (χ1n) is 8.28. The Labute approximate surface area is 141 Å². The fourth-order valence-electron chi connectivity index (χ4n) is 3.48. The summed E-state index contributed by atoms with van der Waals surface area (Å²) in [7, 11) is 1.63. The Morgan fingerprint density at radius 1 is 1.04 bits per heavy atom. The number of hydrogen-bond donors (Lipinski definition) is 1. The summed E-state index contributed by atoms with van der Waals surface area (Å²) in [6, 6.07) is 15.7. The Bertz CT molecular complexity index is 880. The highest BCUT2D eigenvalue weighted by Gasteiger charge is 2.22. The molecule has 1 aromatic heterocycles. The number of para-hydroxylation sites is 1. The fraction of sp³-hybridized carbons (Fsp3) is 0.250. The van der Waals surface area contributed by atoms with Crippen LogP contribution in [0, 0.1) is 0 Å². The number of aromatic nitrogens is 1. The van der Waals surface area contributed by atoms with Crippen LogP contribution in [0.25, 0.3) is 10.9 Å². The van der Waals surface area contributed by atoms with Crippen molar-refractivity contribution in [1.82, 2.24) is 9.88 Å². The van der Waals surface area contributed by atoms with E-state index in [1.807, 2.05) is 29.2 Å². The van der Waals surface area contributed by atoms with Crippen LogP contribution in [0.3, 0.4) is 0 Å². The Kier molecular flexibility index (Phi) is 3.73. The maximum absolute atomic E-state index is 12.8. The molecule has 0 fully saturated rings. The third-order valence-corrected chi connectivity index (χ3v) is 4.79. The highest BCUT2D eigenvalue weighted by molar-refractivity contribution is 5.94. The summed E-state index contributed by atoms with van der Waals surface area (Å²) < 4.78 is 5.16. The van der Waals surface area contributed by atoms with Crippen LogP contribution in [-0.4, -0.2) is 36.0 Å². The van der Waals surface area contributed by atoms with Crippen molar-refractivity contribution in [3.63, 3.8) is 0 Å². The van der Waals surface area contributed by atoms with E-state index in [0.29, 0.717) is 5.56 Å². The summed E-state index contributed by atoms with van der Waals surface area (Å²) in [5.41, 5.74) is 4.53. The lowest BCUT2D eigenvalue weighted by Crippen LogP contribution is -2.33. The maximum Gasteiger partial charge on any atom is 0.253 e. The fourth-order valence-corrected chi connectivity index (χ4v) is 3.48. The van der Waals surface area contributed by atoms with Gasteiger partial charge in [-0.05, 0) is 42.3 Å². The van der Waals surface area contributed by atoms with E-state index in [4.69, 9.17) is 4.74 Å². The molecule has 122 valence electrons. The number of aromatic amines is 1. The molecule has 3 aromatic rings. The van der Waals surface area contributed by atoms with Crippen LogP contribution in [0.1, 0.15) is 21.6 Å². The van der Waals surface area contributed by atoms with E-state index in [0.717, 1.165) is 31.7 Å². The van der Waals surface area contributed by atoms with Crippen molar-refractivity contribution in [2.45, 2.75) is 12.8 Å². The highest BCUT2D eigenvalue weighted by atomic mass is 16.5. The minimum atomic E-state index is 0.0899. The zero-order chi connectivity index (χ0) is 16.5. The van der Waals surface area contributed by atoms with Crippen LogP contribution < -0.4 is 4.74 Å². The summed E-state index contributed by atoms with van der Waals surface area (Å²) in [5, 5.41) is 1.28. The van der Waals surface area contributed by atoms with Crippen LogP contribution in [-0.2, 0) is 12.8 Å². The van der Waals surface area contributed by atoms with Gasteiger partial charge in [-0.15, -0.1) is 0 Å². The number of nitrogens with one attached hydrogen (secondary N) is 1. The van der Waals surface area contributed by atoms with Gasteiger partial charge in [0.15, 0.2) is 0 Å². The normalized spacial score (nSPS) is 14.3. The molecule has 0 atom stereocenters. The second-order valence-corrected chi connectivity index (χ2v) is 6.15. The van der Waals surface area contributed by atoms with E-state index in [9.17, 15) is 4.79 Å². The molecule has 4 nitrogen and oxygen atoms in total. The van der Waals surface area contributed by atoms with Gasteiger partial charge in [-0.3, -0.25) is 4.79 Å². The number of fused-ring (bicyclic) bond motifs is 3. The molecular weight excluding hydrogens is 300 g/mol. The predicted octanol–water partition coefficient (Wildman–Crippen LogP) is 3.42. The molecule has 0 saturated carbocycles. The van der Waals surface area contributed by atoms with Crippen molar-refractivity contribution >= 4 is 16.8 Å². The van der Waals surface area contributed by atoms with E-state index in [1.54, 1.807) is 7.11 Å². The molecule has 1 amide bonds. The zero-order valence-corrected chi connectivity index (χ0v) is 13.7. The summed E-state index contributed by atoms with van der Waals surface area (Å²) in [5.74, 6) is 0.857. The molecule has 1 N–H and O–H groups in total. The minimum absolute atomic E-state index is 0.0899. The number of rotatable bonds is 2. The van der Waals surface area contributed by atoms with E-state index >= 15 is 0 Å². The number of ether oxygens (including phenoxy) is 1. The number of amides is 1. The van der Waals surface area contributed by atoms with Gasteiger partial charge in [0.05, 0.1) is 7.11 Å². The molecule has 0 unspecified atom stereocenters. The number of carbonyl (C=O) groups is 1. The summed E-state index contributed by atoms with van der Waals surface area (Å²) in [6.45, 7) is 1.49. The van der Waals surface area contributed by atoms with Crippen LogP contribution in [0.5, 0.6) is 5.75 Å². The van der Waals surface area contributed by atoms with Gasteiger partial charge in [0, 0.05) is 41.7 Å². The Morgan fingerprint density at radius 2 is 1.79 bits per heavy atom. The van der Waals surface area contributed by atoms with Crippen molar-refractivity contribution in [2.75, 3.05) is 20.2 Å². The number of carbonyl (C=O) groups excluding carboxylic acids is 1. The lowest BCUT2D eigenvalue weighted by Gasteiger charge is -2.20. The standard InChI is InChI=1S/C20H20N2O2/c1-24-15-8-6-14(7-9-15)20(23)22-12-10-17-16-4-2-3-5-18(16)21-19(17)11-13-22/h2-9,21H,10-13H2,1H3. The first-order valence-corrected chi connectivity index (χ1v) is 8.28. The van der Waals surface area contributed by atoms with Crippen molar-refractivity contribution in [3.05, 3.63) is 65.4 Å². The molecular formula is C20H20N2O2. The zero-order valence-electron chi connectivity index (χ0n) is 13.7. The molecule has 0 saturated heterocycles.